The summed E-state index contributed by atoms with van der Waals surface area (Å²) in [6, 6.07) is 0. The van der Waals surface area contributed by atoms with Crippen LogP contribution in [0.15, 0.2) is 12.2 Å². The van der Waals surface area contributed by atoms with E-state index in [9.17, 15) is 34.8 Å². The van der Waals surface area contributed by atoms with Gasteiger partial charge in [0.2, 0.25) is 0 Å². The molecule has 0 radical (unpaired) electrons. The summed E-state index contributed by atoms with van der Waals surface area (Å²) in [4.78, 5) is 36.9. The van der Waals surface area contributed by atoms with E-state index in [4.69, 9.17) is 9.47 Å². The number of unbranched alkanes of at least 4 members (excludes halogenated alkanes) is 12. The minimum absolute atomic E-state index is 0.0434. The molecule has 1 aliphatic carbocycles. The molecule has 1 rings (SSSR count). The zero-order chi connectivity index (χ0) is 33.3. The molecule has 0 aliphatic heterocycles. The van der Waals surface area contributed by atoms with Gasteiger partial charge in [-0.15, -0.1) is 0 Å². The Hall–Kier alpha value is -1.81. The number of aliphatic hydroxyl groups is 4. The second-order valence-corrected chi connectivity index (χ2v) is 12.9. The largest absolute Gasteiger partial charge is 0.462 e. The Kier molecular flexibility index (Phi) is 24.1. The van der Waals surface area contributed by atoms with Crippen LogP contribution in [0.25, 0.3) is 0 Å². The van der Waals surface area contributed by atoms with Crippen LogP contribution in [0.3, 0.4) is 0 Å². The molecule has 0 aromatic rings. The Morgan fingerprint density at radius 1 is 0.756 bits per heavy atom. The molecule has 1 fully saturated rings. The van der Waals surface area contributed by atoms with E-state index in [1.807, 2.05) is 0 Å². The standard InChI is InChI=1S/C36H64O9/c1-3-5-7-8-9-10-11-12-13-15-21-36(43)45-30(26-37)27-44-35(42)20-17-16-19-29(39)24-32-31(33(40)25-34(32)41)23-22-28(38)18-14-6-4-2/h22-23,28,30-34,37-38,40-41H,3-21,24-27H2,1-2H3/b23-22+/t28-,30-,31+,32+,33+,34-/m0/s1. The smallest absolute Gasteiger partial charge is 0.306 e. The summed E-state index contributed by atoms with van der Waals surface area (Å²) >= 11 is 0. The highest BCUT2D eigenvalue weighted by Crippen LogP contribution is 2.36. The van der Waals surface area contributed by atoms with E-state index < -0.39 is 48.9 Å². The van der Waals surface area contributed by atoms with E-state index in [0.717, 1.165) is 38.5 Å². The summed E-state index contributed by atoms with van der Waals surface area (Å²) in [7, 11) is 0. The molecule has 4 N–H and O–H groups in total. The molecule has 6 atom stereocenters. The van der Waals surface area contributed by atoms with E-state index in [0.29, 0.717) is 19.3 Å². The summed E-state index contributed by atoms with van der Waals surface area (Å²) < 4.78 is 10.4. The number of esters is 2. The first kappa shape index (κ1) is 41.2. The van der Waals surface area contributed by atoms with Crippen molar-refractivity contribution in [2.75, 3.05) is 13.2 Å². The minimum atomic E-state index is -0.890. The topological polar surface area (TPSA) is 151 Å². The Bertz CT molecular complexity index is 814. The van der Waals surface area contributed by atoms with Gasteiger partial charge in [0.1, 0.15) is 12.4 Å². The normalized spacial score (nSPS) is 21.2. The number of aliphatic hydroxyl groups excluding tert-OH is 4. The molecule has 262 valence electrons. The van der Waals surface area contributed by atoms with Gasteiger partial charge in [0, 0.05) is 43.9 Å². The Balaban J connectivity index is 2.21. The number of ether oxygens (including phenoxy) is 2. The van der Waals surface area contributed by atoms with Crippen LogP contribution in [-0.4, -0.2) is 75.8 Å². The molecular formula is C36H64O9. The lowest BCUT2D eigenvalue weighted by atomic mass is 9.87. The summed E-state index contributed by atoms with van der Waals surface area (Å²) in [5, 5.41) is 40.5. The third-order valence-corrected chi connectivity index (χ3v) is 8.79. The van der Waals surface area contributed by atoms with Crippen LogP contribution in [0.2, 0.25) is 0 Å². The number of Topliss-reactive ketones (excluding diaryl/α,β-unsaturated/α-hetero) is 1. The van der Waals surface area contributed by atoms with Gasteiger partial charge >= 0.3 is 11.9 Å². The van der Waals surface area contributed by atoms with Crippen molar-refractivity contribution in [2.45, 2.75) is 173 Å². The average Bonchev–Trinajstić information content (AvgIpc) is 3.28. The maximum Gasteiger partial charge on any atom is 0.306 e. The highest BCUT2D eigenvalue weighted by Gasteiger charge is 2.41. The second-order valence-electron chi connectivity index (χ2n) is 12.9. The van der Waals surface area contributed by atoms with Crippen molar-refractivity contribution in [3.63, 3.8) is 0 Å². The van der Waals surface area contributed by atoms with Gasteiger partial charge in [-0.3, -0.25) is 14.4 Å². The van der Waals surface area contributed by atoms with Crippen molar-refractivity contribution in [3.8, 4) is 0 Å². The Labute approximate surface area is 272 Å². The van der Waals surface area contributed by atoms with E-state index in [1.165, 1.54) is 44.9 Å². The van der Waals surface area contributed by atoms with Crippen LogP contribution in [0.1, 0.15) is 149 Å². The predicted molar refractivity (Wildman–Crippen MR) is 175 cm³/mol. The van der Waals surface area contributed by atoms with Crippen molar-refractivity contribution in [1.29, 1.82) is 0 Å². The molecule has 0 spiro atoms. The van der Waals surface area contributed by atoms with E-state index in [-0.39, 0.29) is 50.4 Å². The quantitative estimate of drug-likeness (QED) is 0.0450. The van der Waals surface area contributed by atoms with Gasteiger partial charge in [0.25, 0.3) is 0 Å². The highest BCUT2D eigenvalue weighted by atomic mass is 16.6. The average molecular weight is 641 g/mol. The molecule has 0 aromatic heterocycles. The summed E-state index contributed by atoms with van der Waals surface area (Å²) in [5.74, 6) is -1.71. The van der Waals surface area contributed by atoms with Gasteiger partial charge in [-0.25, -0.2) is 0 Å². The van der Waals surface area contributed by atoms with Crippen LogP contribution in [0, 0.1) is 11.8 Å². The summed E-state index contributed by atoms with van der Waals surface area (Å²) in [5.41, 5.74) is 0. The fraction of sp³-hybridized carbons (Fsp3) is 0.861. The molecule has 0 heterocycles. The number of hydrogen-bond donors (Lipinski definition) is 4. The fourth-order valence-electron chi connectivity index (χ4n) is 5.96. The third kappa shape index (κ3) is 20.1. The minimum Gasteiger partial charge on any atom is -0.462 e. The molecule has 0 aromatic carbocycles. The zero-order valence-electron chi connectivity index (χ0n) is 28.2. The monoisotopic (exact) mass is 640 g/mol. The highest BCUT2D eigenvalue weighted by molar-refractivity contribution is 5.79. The number of hydrogen-bond acceptors (Lipinski definition) is 9. The van der Waals surface area contributed by atoms with Crippen molar-refractivity contribution in [1.82, 2.24) is 0 Å². The first-order chi connectivity index (χ1) is 21.7. The van der Waals surface area contributed by atoms with E-state index in [1.54, 1.807) is 12.2 Å². The lowest BCUT2D eigenvalue weighted by Crippen LogP contribution is -2.28. The van der Waals surface area contributed by atoms with Crippen molar-refractivity contribution < 1.29 is 44.3 Å². The molecule has 45 heavy (non-hydrogen) atoms. The first-order valence-corrected chi connectivity index (χ1v) is 17.9. The van der Waals surface area contributed by atoms with Crippen molar-refractivity contribution in [2.24, 2.45) is 11.8 Å². The van der Waals surface area contributed by atoms with Crippen LogP contribution in [0.5, 0.6) is 0 Å². The van der Waals surface area contributed by atoms with Crippen molar-refractivity contribution in [3.05, 3.63) is 12.2 Å². The van der Waals surface area contributed by atoms with Crippen molar-refractivity contribution >= 4 is 17.7 Å². The lowest BCUT2D eigenvalue weighted by molar-refractivity contribution is -0.161. The second kappa shape index (κ2) is 26.3. The first-order valence-electron chi connectivity index (χ1n) is 17.9. The molecule has 1 saturated carbocycles. The van der Waals surface area contributed by atoms with E-state index in [2.05, 4.69) is 13.8 Å². The van der Waals surface area contributed by atoms with Gasteiger partial charge in [-0.1, -0.05) is 103 Å². The number of ketones is 1. The molecule has 9 heteroatoms. The summed E-state index contributed by atoms with van der Waals surface area (Å²) in [6.07, 6.45) is 17.6. The van der Waals surface area contributed by atoms with Crippen LogP contribution in [0.4, 0.5) is 0 Å². The maximum absolute atomic E-state index is 12.6. The molecule has 0 amide bonds. The SMILES string of the molecule is CCCCCCCCCCCCC(=O)O[C@@H](CO)COC(=O)CCCCC(=O)C[C@@H]1[C@@H](/C=C/[C@@H](O)CCCCC)[C@H](O)C[C@@H]1O. The van der Waals surface area contributed by atoms with E-state index >= 15 is 0 Å². The number of rotatable bonds is 28. The van der Waals surface area contributed by atoms with Gasteiger partial charge in [-0.2, -0.15) is 0 Å². The molecule has 0 unspecified atom stereocenters. The zero-order valence-corrected chi connectivity index (χ0v) is 28.2. The molecule has 0 bridgehead atoms. The molecule has 0 saturated heterocycles. The fourth-order valence-corrected chi connectivity index (χ4v) is 5.96. The van der Waals surface area contributed by atoms with Crippen LogP contribution in [-0.2, 0) is 23.9 Å². The molecule has 1 aliphatic rings. The van der Waals surface area contributed by atoms with Gasteiger partial charge < -0.3 is 29.9 Å². The maximum atomic E-state index is 12.6. The van der Waals surface area contributed by atoms with Gasteiger partial charge in [0.15, 0.2) is 6.10 Å². The molecular weight excluding hydrogens is 576 g/mol. The third-order valence-electron chi connectivity index (χ3n) is 8.79. The Morgan fingerprint density at radius 2 is 1.31 bits per heavy atom. The molecule has 9 nitrogen and oxygen atoms in total. The predicted octanol–water partition coefficient (Wildman–Crippen LogP) is 6.12. The van der Waals surface area contributed by atoms with Crippen LogP contribution < -0.4 is 0 Å². The number of carbonyl (C=O) groups excluding carboxylic acids is 3. The van der Waals surface area contributed by atoms with Crippen LogP contribution >= 0.6 is 0 Å². The Morgan fingerprint density at radius 3 is 1.96 bits per heavy atom. The van der Waals surface area contributed by atoms with Gasteiger partial charge in [-0.05, 0) is 25.7 Å². The lowest BCUT2D eigenvalue weighted by Gasteiger charge is -2.20. The summed E-state index contributed by atoms with van der Waals surface area (Å²) in [6.45, 7) is 3.68. The van der Waals surface area contributed by atoms with Gasteiger partial charge in [0.05, 0.1) is 24.9 Å². The number of carbonyl (C=O) groups is 3.